The minimum Gasteiger partial charge on any atom is -0.309 e. The molecule has 148 valence electrons. The molecule has 27 heavy (non-hydrogen) atoms. The van der Waals surface area contributed by atoms with Gasteiger partial charge < -0.3 is 4.90 Å². The Hall–Kier alpha value is -1.75. The van der Waals surface area contributed by atoms with E-state index in [1.54, 1.807) is 42.3 Å². The maximum atomic E-state index is 12.5. The van der Waals surface area contributed by atoms with Crippen LogP contribution in [0, 0.1) is 0 Å². The highest BCUT2D eigenvalue weighted by Crippen LogP contribution is 2.27. The Kier molecular flexibility index (Phi) is 7.54. The molecular weight excluding hydrogens is 449 g/mol. The first kappa shape index (κ1) is 21.5. The standard InChI is InChI=1S/C16H18BrF3N4O2S/c1-2-23(14(25)5-8-27(26)9-6-16(18,19)20)13-11-24(22-15(13)17)12-4-3-7-21-10-12/h3-4,7,10-11H,2,5-6,8-9H2,1H3. The van der Waals surface area contributed by atoms with Gasteiger partial charge in [-0.05, 0) is 35.0 Å². The van der Waals surface area contributed by atoms with Crippen molar-refractivity contribution in [2.45, 2.75) is 25.9 Å². The van der Waals surface area contributed by atoms with E-state index in [0.29, 0.717) is 22.5 Å². The van der Waals surface area contributed by atoms with E-state index in [0.717, 1.165) is 0 Å². The molecule has 0 saturated carbocycles. The van der Waals surface area contributed by atoms with Crippen LogP contribution in [-0.4, -0.2) is 49.1 Å². The van der Waals surface area contributed by atoms with Crippen LogP contribution in [0.3, 0.4) is 0 Å². The number of alkyl halides is 3. The fourth-order valence-electron chi connectivity index (χ4n) is 2.30. The van der Waals surface area contributed by atoms with Crippen LogP contribution in [-0.2, 0) is 15.6 Å². The van der Waals surface area contributed by atoms with Crippen LogP contribution in [0.25, 0.3) is 5.69 Å². The summed E-state index contributed by atoms with van der Waals surface area (Å²) in [6.07, 6.45) is -0.670. The second-order valence-electron chi connectivity index (χ2n) is 5.56. The molecule has 0 aliphatic rings. The lowest BCUT2D eigenvalue weighted by atomic mass is 10.3. The van der Waals surface area contributed by atoms with E-state index in [1.165, 1.54) is 4.90 Å². The van der Waals surface area contributed by atoms with Crippen molar-refractivity contribution in [2.75, 3.05) is 23.0 Å². The van der Waals surface area contributed by atoms with Crippen molar-refractivity contribution in [3.63, 3.8) is 0 Å². The predicted octanol–water partition coefficient (Wildman–Crippen LogP) is 3.47. The molecule has 0 spiro atoms. The molecule has 2 aromatic rings. The van der Waals surface area contributed by atoms with E-state index in [2.05, 4.69) is 26.0 Å². The van der Waals surface area contributed by atoms with Gasteiger partial charge in [-0.25, -0.2) is 4.68 Å². The van der Waals surface area contributed by atoms with Crippen molar-refractivity contribution >= 4 is 38.3 Å². The van der Waals surface area contributed by atoms with Gasteiger partial charge in [-0.15, -0.1) is 0 Å². The second-order valence-corrected chi connectivity index (χ2v) is 8.01. The SMILES string of the molecule is CCN(C(=O)CCS(=O)CCC(F)(F)F)c1cn(-c2cccnc2)nc1Br. The highest BCUT2D eigenvalue weighted by atomic mass is 79.9. The number of anilines is 1. The molecule has 1 atom stereocenters. The van der Waals surface area contributed by atoms with Crippen molar-refractivity contribution in [3.8, 4) is 5.69 Å². The monoisotopic (exact) mass is 466 g/mol. The Bertz CT molecular complexity index is 799. The minimum atomic E-state index is -4.35. The normalized spacial score (nSPS) is 12.8. The first-order chi connectivity index (χ1) is 12.7. The second kappa shape index (κ2) is 9.45. The molecular formula is C16H18BrF3N4O2S. The summed E-state index contributed by atoms with van der Waals surface area (Å²) in [5.41, 5.74) is 1.23. The maximum absolute atomic E-state index is 12.5. The number of hydrogen-bond donors (Lipinski definition) is 0. The lowest BCUT2D eigenvalue weighted by molar-refractivity contribution is -0.129. The summed E-state index contributed by atoms with van der Waals surface area (Å²) >= 11 is 3.32. The Morgan fingerprint density at radius 1 is 1.37 bits per heavy atom. The number of aromatic nitrogens is 3. The van der Waals surface area contributed by atoms with Crippen LogP contribution >= 0.6 is 15.9 Å². The van der Waals surface area contributed by atoms with Crippen molar-refractivity contribution in [3.05, 3.63) is 35.3 Å². The van der Waals surface area contributed by atoms with E-state index in [4.69, 9.17) is 0 Å². The third-order valence-electron chi connectivity index (χ3n) is 3.63. The summed E-state index contributed by atoms with van der Waals surface area (Å²) in [5.74, 6) is -0.935. The molecule has 2 heterocycles. The number of amides is 1. The number of carbonyl (C=O) groups is 1. The van der Waals surface area contributed by atoms with Crippen LogP contribution in [0.5, 0.6) is 0 Å². The number of nitrogens with zero attached hydrogens (tertiary/aromatic N) is 4. The fourth-order valence-corrected chi connectivity index (χ4v) is 3.85. The van der Waals surface area contributed by atoms with Gasteiger partial charge in [-0.3, -0.25) is 14.0 Å². The predicted molar refractivity (Wildman–Crippen MR) is 100 cm³/mol. The molecule has 0 aliphatic heterocycles. The number of hydrogen-bond acceptors (Lipinski definition) is 4. The molecule has 0 radical (unpaired) electrons. The van der Waals surface area contributed by atoms with Gasteiger partial charge in [-0.1, -0.05) is 0 Å². The largest absolute Gasteiger partial charge is 0.390 e. The van der Waals surface area contributed by atoms with Crippen LogP contribution in [0.2, 0.25) is 0 Å². The van der Waals surface area contributed by atoms with E-state index in [-0.39, 0.29) is 18.1 Å². The molecule has 6 nitrogen and oxygen atoms in total. The zero-order chi connectivity index (χ0) is 20.0. The summed E-state index contributed by atoms with van der Waals surface area (Å²) in [4.78, 5) is 17.9. The molecule has 1 amide bonds. The quantitative estimate of drug-likeness (QED) is 0.597. The molecule has 0 N–H and O–H groups in total. The average molecular weight is 467 g/mol. The Balaban J connectivity index is 2.03. The van der Waals surface area contributed by atoms with Crippen LogP contribution in [0.15, 0.2) is 35.3 Å². The van der Waals surface area contributed by atoms with E-state index >= 15 is 0 Å². The van der Waals surface area contributed by atoms with E-state index in [9.17, 15) is 22.2 Å². The molecule has 2 aromatic heterocycles. The highest BCUT2D eigenvalue weighted by Gasteiger charge is 2.28. The zero-order valence-corrected chi connectivity index (χ0v) is 16.9. The fraction of sp³-hybridized carbons (Fsp3) is 0.438. The van der Waals surface area contributed by atoms with Gasteiger partial charge in [0.25, 0.3) is 0 Å². The van der Waals surface area contributed by atoms with E-state index in [1.807, 2.05) is 0 Å². The van der Waals surface area contributed by atoms with Gasteiger partial charge in [0.15, 0.2) is 4.60 Å². The molecule has 0 aliphatic carbocycles. The summed E-state index contributed by atoms with van der Waals surface area (Å²) < 4.78 is 50.2. The summed E-state index contributed by atoms with van der Waals surface area (Å²) in [6, 6.07) is 3.56. The molecule has 11 heteroatoms. The topological polar surface area (TPSA) is 68.1 Å². The Labute approximate surface area is 165 Å². The van der Waals surface area contributed by atoms with Gasteiger partial charge in [0, 0.05) is 41.5 Å². The Morgan fingerprint density at radius 3 is 2.70 bits per heavy atom. The van der Waals surface area contributed by atoms with Crippen LogP contribution in [0.4, 0.5) is 18.9 Å². The lowest BCUT2D eigenvalue weighted by Gasteiger charge is -2.19. The molecule has 1 unspecified atom stereocenters. The van der Waals surface area contributed by atoms with Crippen LogP contribution in [0.1, 0.15) is 19.8 Å². The number of halogens is 4. The average Bonchev–Trinajstić information content (AvgIpc) is 3.00. The molecule has 0 fully saturated rings. The van der Waals surface area contributed by atoms with Gasteiger partial charge >= 0.3 is 6.18 Å². The first-order valence-electron chi connectivity index (χ1n) is 8.09. The van der Waals surface area contributed by atoms with Crippen molar-refractivity contribution in [1.82, 2.24) is 14.8 Å². The van der Waals surface area contributed by atoms with Crippen LogP contribution < -0.4 is 4.90 Å². The number of carbonyl (C=O) groups excluding carboxylic acids is 1. The van der Waals surface area contributed by atoms with Crippen molar-refractivity contribution < 1.29 is 22.2 Å². The van der Waals surface area contributed by atoms with Gasteiger partial charge in [0.1, 0.15) is 0 Å². The van der Waals surface area contributed by atoms with Gasteiger partial charge in [0.2, 0.25) is 5.91 Å². The molecule has 0 bridgehead atoms. The Morgan fingerprint density at radius 2 is 2.11 bits per heavy atom. The smallest absolute Gasteiger partial charge is 0.309 e. The van der Waals surface area contributed by atoms with E-state index < -0.39 is 29.1 Å². The third-order valence-corrected chi connectivity index (χ3v) is 5.51. The third kappa shape index (κ3) is 6.42. The van der Waals surface area contributed by atoms with Crippen molar-refractivity contribution in [1.29, 1.82) is 0 Å². The maximum Gasteiger partial charge on any atom is 0.390 e. The lowest BCUT2D eigenvalue weighted by Crippen LogP contribution is -2.31. The minimum absolute atomic E-state index is 0.108. The first-order valence-corrected chi connectivity index (χ1v) is 10.4. The summed E-state index contributed by atoms with van der Waals surface area (Å²) in [6.45, 7) is 2.11. The summed E-state index contributed by atoms with van der Waals surface area (Å²) in [5, 5.41) is 4.30. The number of rotatable bonds is 8. The molecule has 0 aromatic carbocycles. The van der Waals surface area contributed by atoms with Gasteiger partial charge in [-0.2, -0.15) is 18.3 Å². The van der Waals surface area contributed by atoms with Gasteiger partial charge in [0.05, 0.1) is 30.2 Å². The van der Waals surface area contributed by atoms with Crippen molar-refractivity contribution in [2.24, 2.45) is 0 Å². The number of pyridine rings is 1. The summed E-state index contributed by atoms with van der Waals surface area (Å²) in [7, 11) is -1.70. The zero-order valence-electron chi connectivity index (χ0n) is 14.4. The highest BCUT2D eigenvalue weighted by molar-refractivity contribution is 9.10. The molecule has 0 saturated heterocycles. The molecule has 2 rings (SSSR count).